The lowest BCUT2D eigenvalue weighted by Gasteiger charge is -2.50. The molecule has 0 heterocycles. The van der Waals surface area contributed by atoms with E-state index >= 15 is 0 Å². The van der Waals surface area contributed by atoms with E-state index in [1.165, 1.54) is 0 Å². The summed E-state index contributed by atoms with van der Waals surface area (Å²) in [5, 5.41) is 0. The second kappa shape index (κ2) is 6.30. The smallest absolute Gasteiger partial charge is 0.309 e. The van der Waals surface area contributed by atoms with Gasteiger partial charge in [-0.3, -0.25) is 4.79 Å². The molecule has 0 unspecified atom stereocenters. The van der Waals surface area contributed by atoms with Crippen LogP contribution in [-0.4, -0.2) is 24.8 Å². The molecule has 114 valence electrons. The minimum absolute atomic E-state index is 0.0121. The predicted molar refractivity (Wildman–Crippen MR) is 79.3 cm³/mol. The van der Waals surface area contributed by atoms with Crippen LogP contribution in [0.5, 0.6) is 0 Å². The van der Waals surface area contributed by atoms with Gasteiger partial charge >= 0.3 is 5.97 Å². The highest BCUT2D eigenvalue weighted by atomic mass is 16.6. The van der Waals surface area contributed by atoms with Gasteiger partial charge in [0, 0.05) is 18.4 Å². The van der Waals surface area contributed by atoms with Crippen molar-refractivity contribution in [3.8, 4) is 0 Å². The van der Waals surface area contributed by atoms with E-state index in [0.29, 0.717) is 5.92 Å². The molecule has 0 radical (unpaired) electrons. The molecule has 1 fully saturated rings. The van der Waals surface area contributed by atoms with Crippen LogP contribution in [0.1, 0.15) is 53.4 Å². The standard InChI is InChI=1S/C17H28O3/c1-12(2)11-19-14-10-15(17(14,3)4)20-16(18)13-8-6-5-7-9-13/h5-6,12-15H,7-11H2,1-4H3/t13-,14+,15-/m0/s1. The molecular formula is C17H28O3. The highest BCUT2D eigenvalue weighted by Gasteiger charge is 2.51. The van der Waals surface area contributed by atoms with Gasteiger partial charge in [-0.25, -0.2) is 0 Å². The van der Waals surface area contributed by atoms with Crippen molar-refractivity contribution < 1.29 is 14.3 Å². The zero-order valence-corrected chi connectivity index (χ0v) is 13.2. The fourth-order valence-corrected chi connectivity index (χ4v) is 2.88. The Morgan fingerprint density at radius 1 is 1.30 bits per heavy atom. The third-order valence-corrected chi connectivity index (χ3v) is 4.58. The van der Waals surface area contributed by atoms with Gasteiger partial charge in [-0.15, -0.1) is 0 Å². The van der Waals surface area contributed by atoms with E-state index < -0.39 is 0 Å². The third-order valence-electron chi connectivity index (χ3n) is 4.58. The first-order valence-electron chi connectivity index (χ1n) is 7.88. The van der Waals surface area contributed by atoms with Gasteiger partial charge < -0.3 is 9.47 Å². The van der Waals surface area contributed by atoms with Crippen molar-refractivity contribution in [1.82, 2.24) is 0 Å². The van der Waals surface area contributed by atoms with E-state index in [1.807, 2.05) is 0 Å². The van der Waals surface area contributed by atoms with Gasteiger partial charge in [0.05, 0.1) is 12.0 Å². The molecule has 0 aliphatic heterocycles. The van der Waals surface area contributed by atoms with Crippen molar-refractivity contribution in [2.24, 2.45) is 17.3 Å². The summed E-state index contributed by atoms with van der Waals surface area (Å²) in [7, 11) is 0. The van der Waals surface area contributed by atoms with Crippen molar-refractivity contribution >= 4 is 5.97 Å². The Kier molecular flexibility index (Phi) is 4.90. The molecule has 0 spiro atoms. The van der Waals surface area contributed by atoms with E-state index in [9.17, 15) is 4.79 Å². The van der Waals surface area contributed by atoms with Crippen LogP contribution in [0.3, 0.4) is 0 Å². The van der Waals surface area contributed by atoms with Gasteiger partial charge in [0.25, 0.3) is 0 Å². The fourth-order valence-electron chi connectivity index (χ4n) is 2.88. The molecule has 0 amide bonds. The van der Waals surface area contributed by atoms with E-state index in [4.69, 9.17) is 9.47 Å². The van der Waals surface area contributed by atoms with Gasteiger partial charge in [-0.2, -0.15) is 0 Å². The molecule has 2 aliphatic rings. The highest BCUT2D eigenvalue weighted by molar-refractivity contribution is 5.73. The van der Waals surface area contributed by atoms with Gasteiger partial charge in [-0.05, 0) is 25.2 Å². The van der Waals surface area contributed by atoms with Crippen LogP contribution in [-0.2, 0) is 14.3 Å². The summed E-state index contributed by atoms with van der Waals surface area (Å²) >= 11 is 0. The molecule has 0 bridgehead atoms. The van der Waals surface area contributed by atoms with Crippen LogP contribution in [0.2, 0.25) is 0 Å². The number of esters is 1. The number of hydrogen-bond donors (Lipinski definition) is 0. The summed E-state index contributed by atoms with van der Waals surface area (Å²) in [5.41, 5.74) is -0.0605. The average molecular weight is 280 g/mol. The molecule has 3 atom stereocenters. The SMILES string of the molecule is CC(C)CO[C@@H]1C[C@H](OC(=O)[C@H]2CC=CCC2)C1(C)C. The van der Waals surface area contributed by atoms with Gasteiger partial charge in [-0.1, -0.05) is 39.8 Å². The third kappa shape index (κ3) is 3.43. The average Bonchev–Trinajstić information content (AvgIpc) is 2.42. The predicted octanol–water partition coefficient (Wildman–Crippen LogP) is 3.73. The molecule has 2 aliphatic carbocycles. The Labute approximate surface area is 122 Å². The van der Waals surface area contributed by atoms with Crippen molar-refractivity contribution in [1.29, 1.82) is 0 Å². The molecule has 1 saturated carbocycles. The van der Waals surface area contributed by atoms with Crippen LogP contribution >= 0.6 is 0 Å². The van der Waals surface area contributed by atoms with Crippen molar-refractivity contribution in [2.75, 3.05) is 6.61 Å². The van der Waals surface area contributed by atoms with Crippen LogP contribution in [0.4, 0.5) is 0 Å². The van der Waals surface area contributed by atoms with Crippen LogP contribution in [0, 0.1) is 17.3 Å². The molecule has 3 heteroatoms. The molecule has 0 saturated heterocycles. The van der Waals surface area contributed by atoms with Crippen LogP contribution in [0.25, 0.3) is 0 Å². The summed E-state index contributed by atoms with van der Waals surface area (Å²) in [4.78, 5) is 12.2. The monoisotopic (exact) mass is 280 g/mol. The van der Waals surface area contributed by atoms with Crippen molar-refractivity contribution in [3.05, 3.63) is 12.2 Å². The minimum atomic E-state index is -0.0605. The Morgan fingerprint density at radius 2 is 2.05 bits per heavy atom. The lowest BCUT2D eigenvalue weighted by atomic mass is 9.66. The molecule has 0 aromatic heterocycles. The second-order valence-corrected chi connectivity index (χ2v) is 7.18. The number of carbonyl (C=O) groups is 1. The van der Waals surface area contributed by atoms with E-state index in [-0.39, 0.29) is 29.5 Å². The normalized spacial score (nSPS) is 31.9. The second-order valence-electron chi connectivity index (χ2n) is 7.18. The molecule has 2 rings (SSSR count). The summed E-state index contributed by atoms with van der Waals surface area (Å²) < 4.78 is 11.6. The van der Waals surface area contributed by atoms with Gasteiger partial charge in [0.2, 0.25) is 0 Å². The topological polar surface area (TPSA) is 35.5 Å². The molecule has 0 aromatic carbocycles. The van der Waals surface area contributed by atoms with Crippen LogP contribution < -0.4 is 0 Å². The number of rotatable bonds is 5. The first kappa shape index (κ1) is 15.6. The highest BCUT2D eigenvalue weighted by Crippen LogP contribution is 2.45. The Balaban J connectivity index is 1.80. The first-order valence-corrected chi connectivity index (χ1v) is 7.88. The van der Waals surface area contributed by atoms with E-state index in [2.05, 4.69) is 39.8 Å². The zero-order valence-electron chi connectivity index (χ0n) is 13.2. The van der Waals surface area contributed by atoms with Crippen molar-refractivity contribution in [2.45, 2.75) is 65.6 Å². The quantitative estimate of drug-likeness (QED) is 0.568. The minimum Gasteiger partial charge on any atom is -0.461 e. The Hall–Kier alpha value is -0.830. The van der Waals surface area contributed by atoms with Crippen molar-refractivity contribution in [3.63, 3.8) is 0 Å². The summed E-state index contributed by atoms with van der Waals surface area (Å²) in [6.07, 6.45) is 8.06. The first-order chi connectivity index (χ1) is 9.41. The molecule has 20 heavy (non-hydrogen) atoms. The maximum Gasteiger partial charge on any atom is 0.309 e. The number of carbonyl (C=O) groups excluding carboxylic acids is 1. The van der Waals surface area contributed by atoms with E-state index in [1.54, 1.807) is 0 Å². The number of ether oxygens (including phenoxy) is 2. The number of hydrogen-bond acceptors (Lipinski definition) is 3. The molecular weight excluding hydrogens is 252 g/mol. The molecule has 0 N–H and O–H groups in total. The summed E-state index contributed by atoms with van der Waals surface area (Å²) in [5.74, 6) is 0.586. The zero-order chi connectivity index (χ0) is 14.8. The maximum absolute atomic E-state index is 12.2. The maximum atomic E-state index is 12.2. The van der Waals surface area contributed by atoms with E-state index in [0.717, 1.165) is 32.3 Å². The fraction of sp³-hybridized carbons (Fsp3) is 0.824. The Morgan fingerprint density at radius 3 is 2.60 bits per heavy atom. The number of allylic oxidation sites excluding steroid dienone is 2. The lowest BCUT2D eigenvalue weighted by molar-refractivity contribution is -0.208. The van der Waals surface area contributed by atoms with Gasteiger partial charge in [0.15, 0.2) is 0 Å². The van der Waals surface area contributed by atoms with Gasteiger partial charge in [0.1, 0.15) is 6.10 Å². The lowest BCUT2D eigenvalue weighted by Crippen LogP contribution is -2.57. The molecule has 0 aromatic rings. The molecule has 3 nitrogen and oxygen atoms in total. The summed E-state index contributed by atoms with van der Waals surface area (Å²) in [6, 6.07) is 0. The van der Waals surface area contributed by atoms with Crippen LogP contribution in [0.15, 0.2) is 12.2 Å². The Bertz CT molecular complexity index is 370. The summed E-state index contributed by atoms with van der Waals surface area (Å²) in [6.45, 7) is 9.36. The largest absolute Gasteiger partial charge is 0.461 e.